The van der Waals surface area contributed by atoms with E-state index in [0.717, 1.165) is 0 Å². The molecule has 0 aromatic heterocycles. The molecular formula is C12H13Li. The van der Waals surface area contributed by atoms with Crippen LogP contribution in [0.2, 0.25) is 0 Å². The summed E-state index contributed by atoms with van der Waals surface area (Å²) in [6.45, 7) is 4.54. The molecule has 0 N–H and O–H groups in total. The van der Waals surface area contributed by atoms with Gasteiger partial charge in [-0.25, -0.2) is 0 Å². The zero-order valence-corrected chi connectivity index (χ0v) is 8.54. The summed E-state index contributed by atoms with van der Waals surface area (Å²) in [5.74, 6) is 0.669. The van der Waals surface area contributed by atoms with E-state index in [0.29, 0.717) is 10.5 Å². The molecule has 1 aromatic carbocycles. The number of benzene rings is 1. The zero-order chi connectivity index (χ0) is 9.42. The van der Waals surface area contributed by atoms with E-state index in [1.807, 2.05) is 0 Å². The van der Waals surface area contributed by atoms with E-state index >= 15 is 0 Å². The first kappa shape index (κ1) is 9.13. The first-order valence-corrected chi connectivity index (χ1v) is 5.00. The Kier molecular flexibility index (Phi) is 2.36. The molecular weight excluding hydrogens is 151 g/mol. The van der Waals surface area contributed by atoms with Crippen LogP contribution in [0.4, 0.5) is 0 Å². The Bertz CT molecular complexity index is 350. The van der Waals surface area contributed by atoms with Gasteiger partial charge in [-0.1, -0.05) is 0 Å². The third kappa shape index (κ3) is 1.50. The monoisotopic (exact) mass is 164 g/mol. The molecule has 13 heavy (non-hydrogen) atoms. The summed E-state index contributed by atoms with van der Waals surface area (Å²) in [6.07, 6.45) is 2.35. The second-order valence-electron chi connectivity index (χ2n) is 4.15. The van der Waals surface area contributed by atoms with Gasteiger partial charge in [-0.05, 0) is 0 Å². The topological polar surface area (TPSA) is 0 Å². The molecule has 0 radical (unpaired) electrons. The second-order valence-corrected chi connectivity index (χ2v) is 4.15. The van der Waals surface area contributed by atoms with Crippen LogP contribution in [0.25, 0.3) is 6.08 Å². The fourth-order valence-corrected chi connectivity index (χ4v) is 2.19. The van der Waals surface area contributed by atoms with Gasteiger partial charge in [0.1, 0.15) is 0 Å². The molecule has 0 fully saturated rings. The predicted octanol–water partition coefficient (Wildman–Crippen LogP) is 2.95. The van der Waals surface area contributed by atoms with Crippen LogP contribution in [-0.2, 0) is 0 Å². The number of hydrogen-bond acceptors (Lipinski definition) is 0. The van der Waals surface area contributed by atoms with E-state index in [1.54, 1.807) is 5.57 Å². The SMILES string of the molecule is [Li][CH]1C(C(C)C)=Cc2ccccc21. The minimum absolute atomic E-state index is 0.621. The molecule has 1 aromatic rings. The van der Waals surface area contributed by atoms with Crippen molar-refractivity contribution in [1.29, 1.82) is 0 Å². The molecule has 1 atom stereocenters. The predicted molar refractivity (Wildman–Crippen MR) is 57.8 cm³/mol. The summed E-state index contributed by atoms with van der Waals surface area (Å²) in [4.78, 5) is 0. The average molecular weight is 164 g/mol. The van der Waals surface area contributed by atoms with Crippen molar-refractivity contribution in [1.82, 2.24) is 0 Å². The van der Waals surface area contributed by atoms with Crippen LogP contribution in [0.15, 0.2) is 29.8 Å². The van der Waals surface area contributed by atoms with Crippen LogP contribution in [0, 0.1) is 5.92 Å². The Morgan fingerprint density at radius 3 is 2.54 bits per heavy atom. The standard InChI is InChI=1S/C12H13.Li/c1-9(2)12-7-10-5-3-4-6-11(10)8-12;/h3-9H,1-2H3;. The summed E-state index contributed by atoms with van der Waals surface area (Å²) in [7, 11) is 0. The summed E-state index contributed by atoms with van der Waals surface area (Å²) in [6, 6.07) is 8.70. The van der Waals surface area contributed by atoms with Gasteiger partial charge >= 0.3 is 89.1 Å². The van der Waals surface area contributed by atoms with Gasteiger partial charge in [0.05, 0.1) is 0 Å². The number of hydrogen-bond donors (Lipinski definition) is 0. The Morgan fingerprint density at radius 1 is 1.23 bits per heavy atom. The third-order valence-electron chi connectivity index (χ3n) is 2.95. The fourth-order valence-electron chi connectivity index (χ4n) is 2.19. The van der Waals surface area contributed by atoms with E-state index in [-0.39, 0.29) is 0 Å². The molecule has 2 rings (SSSR count). The van der Waals surface area contributed by atoms with Gasteiger partial charge in [-0.2, -0.15) is 0 Å². The molecule has 0 nitrogen and oxygen atoms in total. The van der Waals surface area contributed by atoms with Crippen molar-refractivity contribution in [2.45, 2.75) is 18.4 Å². The molecule has 0 bridgehead atoms. The van der Waals surface area contributed by atoms with Gasteiger partial charge in [-0.3, -0.25) is 0 Å². The molecule has 1 aliphatic carbocycles. The molecule has 0 spiro atoms. The van der Waals surface area contributed by atoms with Crippen molar-refractivity contribution in [3.63, 3.8) is 0 Å². The number of rotatable bonds is 1. The Labute approximate surface area is 89.2 Å². The van der Waals surface area contributed by atoms with E-state index in [9.17, 15) is 0 Å². The first-order valence-electron chi connectivity index (χ1n) is 5.00. The molecule has 1 heteroatoms. The Hall–Kier alpha value is -0.443. The normalized spacial score (nSPS) is 20.4. The summed E-state index contributed by atoms with van der Waals surface area (Å²) >= 11 is 2.30. The molecule has 0 saturated heterocycles. The molecule has 1 aliphatic rings. The molecule has 0 aliphatic heterocycles. The molecule has 62 valence electrons. The van der Waals surface area contributed by atoms with E-state index < -0.39 is 0 Å². The Balaban J connectivity index is 2.44. The van der Waals surface area contributed by atoms with Crippen LogP contribution in [0.5, 0.6) is 0 Å². The van der Waals surface area contributed by atoms with E-state index in [4.69, 9.17) is 0 Å². The number of fused-ring (bicyclic) bond motifs is 1. The minimum atomic E-state index is 0.621. The van der Waals surface area contributed by atoms with E-state index in [2.05, 4.69) is 61.9 Å². The summed E-state index contributed by atoms with van der Waals surface area (Å²) in [5.41, 5.74) is 4.48. The summed E-state index contributed by atoms with van der Waals surface area (Å²) in [5, 5.41) is 0. The van der Waals surface area contributed by atoms with E-state index in [1.165, 1.54) is 11.1 Å². The number of allylic oxidation sites excluding steroid dienone is 1. The van der Waals surface area contributed by atoms with Gasteiger partial charge in [0.2, 0.25) is 0 Å². The summed E-state index contributed by atoms with van der Waals surface area (Å²) < 4.78 is 0.621. The van der Waals surface area contributed by atoms with Crippen molar-refractivity contribution in [3.8, 4) is 0 Å². The quantitative estimate of drug-likeness (QED) is 0.560. The van der Waals surface area contributed by atoms with Crippen molar-refractivity contribution < 1.29 is 0 Å². The van der Waals surface area contributed by atoms with Crippen LogP contribution >= 0.6 is 0 Å². The molecule has 1 unspecified atom stereocenters. The first-order chi connectivity index (χ1) is 6.20. The van der Waals surface area contributed by atoms with Gasteiger partial charge in [-0.15, -0.1) is 0 Å². The van der Waals surface area contributed by atoms with Gasteiger partial charge in [0.25, 0.3) is 0 Å². The van der Waals surface area contributed by atoms with Crippen molar-refractivity contribution >= 4 is 23.8 Å². The van der Waals surface area contributed by atoms with Crippen molar-refractivity contribution in [2.24, 2.45) is 5.92 Å². The van der Waals surface area contributed by atoms with Gasteiger partial charge in [0.15, 0.2) is 0 Å². The van der Waals surface area contributed by atoms with Crippen LogP contribution in [-0.4, -0.2) is 17.7 Å². The zero-order valence-electron chi connectivity index (χ0n) is 8.54. The maximum absolute atomic E-state index is 2.35. The van der Waals surface area contributed by atoms with Gasteiger partial charge in [0, 0.05) is 0 Å². The molecule has 0 saturated carbocycles. The van der Waals surface area contributed by atoms with Crippen molar-refractivity contribution in [3.05, 3.63) is 41.0 Å². The average Bonchev–Trinajstić information content (AvgIpc) is 2.45. The third-order valence-corrected chi connectivity index (χ3v) is 2.95. The van der Waals surface area contributed by atoms with Gasteiger partial charge < -0.3 is 0 Å². The molecule has 0 heterocycles. The van der Waals surface area contributed by atoms with Crippen molar-refractivity contribution in [2.75, 3.05) is 0 Å². The van der Waals surface area contributed by atoms with Crippen LogP contribution in [0.3, 0.4) is 0 Å². The fraction of sp³-hybridized carbons (Fsp3) is 0.333. The molecule has 0 amide bonds. The Morgan fingerprint density at radius 2 is 1.92 bits per heavy atom. The van der Waals surface area contributed by atoms with Crippen LogP contribution in [0.1, 0.15) is 29.6 Å². The second kappa shape index (κ2) is 3.37. The maximum atomic E-state index is 2.35. The van der Waals surface area contributed by atoms with Crippen LogP contribution < -0.4 is 0 Å².